The predicted octanol–water partition coefficient (Wildman–Crippen LogP) is 3.48. The van der Waals surface area contributed by atoms with Crippen LogP contribution in [0.15, 0.2) is 29.6 Å². The maximum atomic E-state index is 13.2. The van der Waals surface area contributed by atoms with E-state index in [0.29, 0.717) is 16.1 Å². The van der Waals surface area contributed by atoms with Gasteiger partial charge in [-0.2, -0.15) is 0 Å². The number of benzene rings is 1. The Bertz CT molecular complexity index is 585. The number of nitrogen functional groups attached to an aromatic ring is 1. The van der Waals surface area contributed by atoms with E-state index < -0.39 is 11.8 Å². The van der Waals surface area contributed by atoms with Gasteiger partial charge in [0.1, 0.15) is 17.3 Å². The zero-order valence-corrected chi connectivity index (χ0v) is 10.7. The number of rotatable bonds is 3. The predicted molar refractivity (Wildman–Crippen MR) is 69.3 cm³/mol. The number of carbonyl (C=O) groups excluding carboxylic acids is 1. The number of ether oxygens (including phenoxy) is 1. The molecule has 0 saturated carbocycles. The van der Waals surface area contributed by atoms with Crippen LogP contribution in [0, 0.1) is 5.82 Å². The van der Waals surface area contributed by atoms with Gasteiger partial charge in [0.15, 0.2) is 0 Å². The fourth-order valence-corrected chi connectivity index (χ4v) is 2.16. The molecule has 2 rings (SSSR count). The molecule has 6 heteroatoms. The van der Waals surface area contributed by atoms with Crippen LogP contribution in [0.2, 0.25) is 5.02 Å². The van der Waals surface area contributed by atoms with E-state index in [2.05, 4.69) is 0 Å². The average molecular weight is 286 g/mol. The lowest BCUT2D eigenvalue weighted by molar-refractivity contribution is 0.0479. The molecule has 0 spiro atoms. The first-order chi connectivity index (χ1) is 8.58. The largest absolute Gasteiger partial charge is 0.457 e. The van der Waals surface area contributed by atoms with Crippen molar-refractivity contribution in [2.24, 2.45) is 0 Å². The molecule has 0 fully saturated rings. The molecule has 1 aromatic heterocycles. The molecule has 0 saturated heterocycles. The minimum Gasteiger partial charge on any atom is -0.457 e. The van der Waals surface area contributed by atoms with Gasteiger partial charge in [0.25, 0.3) is 0 Å². The number of nitrogens with two attached hydrogens (primary N) is 1. The highest BCUT2D eigenvalue weighted by molar-refractivity contribution is 7.12. The minimum absolute atomic E-state index is 0.0235. The molecule has 3 nitrogen and oxygen atoms in total. The van der Waals surface area contributed by atoms with Gasteiger partial charge >= 0.3 is 5.97 Å². The highest BCUT2D eigenvalue weighted by atomic mass is 35.5. The molecule has 0 aliphatic carbocycles. The molecule has 2 aromatic rings. The summed E-state index contributed by atoms with van der Waals surface area (Å²) in [6, 6.07) is 5.87. The second-order valence-electron chi connectivity index (χ2n) is 3.53. The van der Waals surface area contributed by atoms with Crippen molar-refractivity contribution in [2.45, 2.75) is 6.61 Å². The monoisotopic (exact) mass is 285 g/mol. The summed E-state index contributed by atoms with van der Waals surface area (Å²) in [5.74, 6) is -1.06. The minimum atomic E-state index is -0.541. The molecule has 0 radical (unpaired) electrons. The van der Waals surface area contributed by atoms with Crippen molar-refractivity contribution in [1.82, 2.24) is 0 Å². The lowest BCUT2D eigenvalue weighted by Crippen LogP contribution is -2.05. The topological polar surface area (TPSA) is 52.3 Å². The van der Waals surface area contributed by atoms with E-state index in [9.17, 15) is 9.18 Å². The van der Waals surface area contributed by atoms with E-state index in [1.54, 1.807) is 17.5 Å². The number of thiophene rings is 1. The molecular formula is C12H9ClFNO2S. The Kier molecular flexibility index (Phi) is 3.84. The highest BCUT2D eigenvalue weighted by Gasteiger charge is 2.13. The SMILES string of the molecule is Nc1ccsc1C(=O)OCc1ccc(Cl)c(F)c1. The van der Waals surface area contributed by atoms with Crippen molar-refractivity contribution in [3.63, 3.8) is 0 Å². The number of hydrogen-bond acceptors (Lipinski definition) is 4. The molecule has 1 heterocycles. The first-order valence-electron chi connectivity index (χ1n) is 5.02. The van der Waals surface area contributed by atoms with E-state index in [0.717, 1.165) is 0 Å². The van der Waals surface area contributed by atoms with Crippen LogP contribution < -0.4 is 5.73 Å². The third-order valence-electron chi connectivity index (χ3n) is 2.24. The normalized spacial score (nSPS) is 10.3. The van der Waals surface area contributed by atoms with Crippen molar-refractivity contribution in [2.75, 3.05) is 5.73 Å². The number of hydrogen-bond donors (Lipinski definition) is 1. The Morgan fingerprint density at radius 2 is 2.22 bits per heavy atom. The van der Waals surface area contributed by atoms with Crippen LogP contribution in [0.4, 0.5) is 10.1 Å². The van der Waals surface area contributed by atoms with Crippen molar-refractivity contribution >= 4 is 34.6 Å². The molecule has 94 valence electrons. The first kappa shape index (κ1) is 12.9. The maximum absolute atomic E-state index is 13.2. The number of halogens is 2. The Balaban J connectivity index is 2.02. The third kappa shape index (κ3) is 2.80. The molecule has 0 aliphatic rings. The number of esters is 1. The van der Waals surface area contributed by atoms with Crippen molar-refractivity contribution in [3.8, 4) is 0 Å². The zero-order chi connectivity index (χ0) is 13.1. The van der Waals surface area contributed by atoms with Crippen molar-refractivity contribution in [1.29, 1.82) is 0 Å². The maximum Gasteiger partial charge on any atom is 0.350 e. The molecule has 0 bridgehead atoms. The van der Waals surface area contributed by atoms with Crippen molar-refractivity contribution in [3.05, 3.63) is 50.9 Å². The summed E-state index contributed by atoms with van der Waals surface area (Å²) in [6.07, 6.45) is 0. The second-order valence-corrected chi connectivity index (χ2v) is 4.85. The van der Waals surface area contributed by atoms with Gasteiger partial charge in [-0.1, -0.05) is 17.7 Å². The smallest absolute Gasteiger partial charge is 0.350 e. The quantitative estimate of drug-likeness (QED) is 0.879. The van der Waals surface area contributed by atoms with Crippen LogP contribution >= 0.6 is 22.9 Å². The second kappa shape index (κ2) is 5.37. The summed E-state index contributed by atoms with van der Waals surface area (Å²) in [6.45, 7) is -0.0235. The van der Waals surface area contributed by atoms with Crippen LogP contribution in [-0.4, -0.2) is 5.97 Å². The molecule has 0 atom stereocenters. The number of anilines is 1. The van der Waals surface area contributed by atoms with Crippen LogP contribution in [0.1, 0.15) is 15.2 Å². The molecule has 1 aromatic carbocycles. The van der Waals surface area contributed by atoms with Crippen LogP contribution in [-0.2, 0) is 11.3 Å². The van der Waals surface area contributed by atoms with Gasteiger partial charge in [-0.3, -0.25) is 0 Å². The standard InChI is InChI=1S/C12H9ClFNO2S/c13-8-2-1-7(5-9(8)14)6-17-12(16)11-10(15)3-4-18-11/h1-5H,6,15H2. The van der Waals surface area contributed by atoms with E-state index in [-0.39, 0.29) is 11.6 Å². The molecule has 18 heavy (non-hydrogen) atoms. The summed E-state index contributed by atoms with van der Waals surface area (Å²) in [5, 5.41) is 1.74. The number of carbonyl (C=O) groups is 1. The van der Waals surface area contributed by atoms with E-state index in [4.69, 9.17) is 22.1 Å². The Hall–Kier alpha value is -1.59. The van der Waals surface area contributed by atoms with E-state index in [1.807, 2.05) is 0 Å². The Morgan fingerprint density at radius 3 is 2.83 bits per heavy atom. The highest BCUT2D eigenvalue weighted by Crippen LogP contribution is 2.21. The summed E-state index contributed by atoms with van der Waals surface area (Å²) < 4.78 is 18.2. The fourth-order valence-electron chi connectivity index (χ4n) is 1.33. The molecular weight excluding hydrogens is 277 g/mol. The van der Waals surface area contributed by atoms with Crippen LogP contribution in [0.5, 0.6) is 0 Å². The first-order valence-corrected chi connectivity index (χ1v) is 6.27. The summed E-state index contributed by atoms with van der Waals surface area (Å²) in [4.78, 5) is 12.0. The molecule has 2 N–H and O–H groups in total. The van der Waals surface area contributed by atoms with Gasteiger partial charge in [0.05, 0.1) is 10.7 Å². The van der Waals surface area contributed by atoms with Gasteiger partial charge in [-0.15, -0.1) is 11.3 Å². The van der Waals surface area contributed by atoms with E-state index in [1.165, 1.54) is 23.5 Å². The van der Waals surface area contributed by atoms with Crippen LogP contribution in [0.3, 0.4) is 0 Å². The van der Waals surface area contributed by atoms with Gasteiger partial charge in [-0.05, 0) is 29.1 Å². The summed E-state index contributed by atoms with van der Waals surface area (Å²) in [7, 11) is 0. The Labute approximate surface area is 112 Å². The average Bonchev–Trinajstić information content (AvgIpc) is 2.77. The van der Waals surface area contributed by atoms with Crippen LogP contribution in [0.25, 0.3) is 0 Å². The van der Waals surface area contributed by atoms with E-state index >= 15 is 0 Å². The fraction of sp³-hybridized carbons (Fsp3) is 0.0833. The van der Waals surface area contributed by atoms with Crippen molar-refractivity contribution < 1.29 is 13.9 Å². The summed E-state index contributed by atoms with van der Waals surface area (Å²) >= 11 is 6.75. The van der Waals surface area contributed by atoms with Gasteiger partial charge in [0, 0.05) is 0 Å². The zero-order valence-electron chi connectivity index (χ0n) is 9.15. The lowest BCUT2D eigenvalue weighted by Gasteiger charge is -2.05. The molecule has 0 amide bonds. The summed E-state index contributed by atoms with van der Waals surface area (Å²) in [5.41, 5.74) is 6.50. The molecule has 0 aliphatic heterocycles. The van der Waals surface area contributed by atoms with Gasteiger partial charge in [0.2, 0.25) is 0 Å². The van der Waals surface area contributed by atoms with Gasteiger partial charge in [-0.25, -0.2) is 9.18 Å². The molecule has 0 unspecified atom stereocenters. The third-order valence-corrected chi connectivity index (χ3v) is 3.45. The lowest BCUT2D eigenvalue weighted by atomic mass is 10.2. The van der Waals surface area contributed by atoms with Gasteiger partial charge < -0.3 is 10.5 Å². The Morgan fingerprint density at radius 1 is 1.44 bits per heavy atom.